The predicted octanol–water partition coefficient (Wildman–Crippen LogP) is 0.186. The Hall–Kier alpha value is -1.60. The number of fused-ring (bicyclic) bond motifs is 1. The quantitative estimate of drug-likeness (QED) is 0.844. The Morgan fingerprint density at radius 2 is 2.10 bits per heavy atom. The molecule has 1 aromatic carbocycles. The number of nitrogens with one attached hydrogen (secondary N) is 1. The highest BCUT2D eigenvalue weighted by Gasteiger charge is 2.48. The fraction of sp³-hybridized carbons (Fsp3) is 0.500. The number of nitrogens with zero attached hydrogens (tertiary/aromatic N) is 1. The number of piperazine rings is 1. The van der Waals surface area contributed by atoms with Gasteiger partial charge in [0.25, 0.3) is 0 Å². The fourth-order valence-electron chi connectivity index (χ4n) is 3.09. The van der Waals surface area contributed by atoms with Gasteiger partial charge >= 0.3 is 0 Å². The van der Waals surface area contributed by atoms with Crippen molar-refractivity contribution >= 4 is 21.4 Å². The van der Waals surface area contributed by atoms with Crippen molar-refractivity contribution in [3.8, 4) is 5.75 Å². The minimum Gasteiger partial charge on any atom is -0.497 e. The number of hydrogen-bond donors (Lipinski definition) is 1. The fourth-order valence-corrected chi connectivity index (χ4v) is 4.99. The summed E-state index contributed by atoms with van der Waals surface area (Å²) in [4.78, 5) is 14.1. The second-order valence-corrected chi connectivity index (χ2v) is 7.70. The van der Waals surface area contributed by atoms with Gasteiger partial charge in [-0.25, -0.2) is 8.42 Å². The van der Waals surface area contributed by atoms with Gasteiger partial charge in [0.05, 0.1) is 30.7 Å². The molecule has 0 spiro atoms. The van der Waals surface area contributed by atoms with E-state index >= 15 is 0 Å². The van der Waals surface area contributed by atoms with Crippen molar-refractivity contribution in [1.82, 2.24) is 5.32 Å². The van der Waals surface area contributed by atoms with E-state index in [1.54, 1.807) is 43.2 Å². The molecule has 2 saturated heterocycles. The number of carbonyl (C=O) groups is 1. The number of ether oxygens (including phenoxy) is 1. The average molecular weight is 310 g/mol. The SMILES string of the molecule is COc1cccc(N2C(=O)[C@H](C)N[C@@H]3CS(=O)(=O)C[C@@H]32)c1. The van der Waals surface area contributed by atoms with E-state index in [0.29, 0.717) is 11.4 Å². The third kappa shape index (κ3) is 2.51. The molecule has 0 aromatic heterocycles. The summed E-state index contributed by atoms with van der Waals surface area (Å²) in [6.07, 6.45) is 0. The molecular weight excluding hydrogens is 292 g/mol. The van der Waals surface area contributed by atoms with Crippen LogP contribution in [0.15, 0.2) is 24.3 Å². The maximum Gasteiger partial charge on any atom is 0.244 e. The minimum absolute atomic E-state index is 0.000334. The van der Waals surface area contributed by atoms with Gasteiger partial charge in [0.1, 0.15) is 5.75 Å². The number of rotatable bonds is 2. The third-order valence-corrected chi connectivity index (χ3v) is 5.77. The molecule has 0 radical (unpaired) electrons. The van der Waals surface area contributed by atoms with Crippen molar-refractivity contribution in [2.75, 3.05) is 23.5 Å². The molecule has 2 aliphatic heterocycles. The Morgan fingerprint density at radius 1 is 1.33 bits per heavy atom. The van der Waals surface area contributed by atoms with Crippen LogP contribution in [0.2, 0.25) is 0 Å². The first-order valence-corrected chi connectivity index (χ1v) is 8.67. The van der Waals surface area contributed by atoms with Crippen LogP contribution in [0.1, 0.15) is 6.92 Å². The molecular formula is C14H18N2O4S. The van der Waals surface area contributed by atoms with E-state index in [0.717, 1.165) is 0 Å². The van der Waals surface area contributed by atoms with Crippen LogP contribution < -0.4 is 15.0 Å². The summed E-state index contributed by atoms with van der Waals surface area (Å²) in [6.45, 7) is 1.76. The lowest BCUT2D eigenvalue weighted by molar-refractivity contribution is -0.122. The van der Waals surface area contributed by atoms with Crippen molar-refractivity contribution in [1.29, 1.82) is 0 Å². The molecule has 3 atom stereocenters. The molecule has 2 heterocycles. The van der Waals surface area contributed by atoms with Crippen LogP contribution in [-0.4, -0.2) is 51.1 Å². The molecule has 21 heavy (non-hydrogen) atoms. The normalized spacial score (nSPS) is 31.0. The molecule has 1 N–H and O–H groups in total. The summed E-state index contributed by atoms with van der Waals surface area (Å²) >= 11 is 0. The van der Waals surface area contributed by atoms with Gasteiger partial charge in [0, 0.05) is 17.8 Å². The maximum atomic E-state index is 12.5. The second kappa shape index (κ2) is 4.99. The summed E-state index contributed by atoms with van der Waals surface area (Å²) in [5, 5.41) is 3.11. The first-order chi connectivity index (χ1) is 9.91. The number of sulfone groups is 1. The third-order valence-electron chi connectivity index (χ3n) is 4.06. The minimum atomic E-state index is -3.12. The van der Waals surface area contributed by atoms with Gasteiger partial charge in [0.15, 0.2) is 9.84 Å². The molecule has 0 aliphatic carbocycles. The van der Waals surface area contributed by atoms with E-state index in [2.05, 4.69) is 5.32 Å². The van der Waals surface area contributed by atoms with Crippen molar-refractivity contribution in [2.45, 2.75) is 25.0 Å². The monoisotopic (exact) mass is 310 g/mol. The van der Waals surface area contributed by atoms with Crippen molar-refractivity contribution in [3.63, 3.8) is 0 Å². The number of methoxy groups -OCH3 is 1. The number of hydrogen-bond acceptors (Lipinski definition) is 5. The Labute approximate surface area is 124 Å². The van der Waals surface area contributed by atoms with Gasteiger partial charge in [0.2, 0.25) is 5.91 Å². The lowest BCUT2D eigenvalue weighted by atomic mass is 10.0. The highest BCUT2D eigenvalue weighted by Crippen LogP contribution is 2.30. The van der Waals surface area contributed by atoms with E-state index < -0.39 is 15.9 Å². The first-order valence-electron chi connectivity index (χ1n) is 6.85. The Kier molecular flexibility index (Phi) is 3.41. The van der Waals surface area contributed by atoms with E-state index in [1.807, 2.05) is 0 Å². The molecule has 114 valence electrons. The lowest BCUT2D eigenvalue weighted by Crippen LogP contribution is -2.64. The predicted molar refractivity (Wildman–Crippen MR) is 79.3 cm³/mol. The molecule has 7 heteroatoms. The van der Waals surface area contributed by atoms with Gasteiger partial charge in [-0.05, 0) is 19.1 Å². The van der Waals surface area contributed by atoms with Gasteiger partial charge < -0.3 is 15.0 Å². The Morgan fingerprint density at radius 3 is 2.81 bits per heavy atom. The molecule has 0 unspecified atom stereocenters. The van der Waals surface area contributed by atoms with Crippen molar-refractivity contribution in [2.24, 2.45) is 0 Å². The molecule has 3 rings (SSSR count). The van der Waals surface area contributed by atoms with E-state index in [9.17, 15) is 13.2 Å². The average Bonchev–Trinajstić information content (AvgIpc) is 2.73. The van der Waals surface area contributed by atoms with Gasteiger partial charge in [-0.1, -0.05) is 6.07 Å². The lowest BCUT2D eigenvalue weighted by Gasteiger charge is -2.40. The summed E-state index contributed by atoms with van der Waals surface area (Å²) in [5.41, 5.74) is 0.680. The molecule has 1 amide bonds. The molecule has 0 bridgehead atoms. The van der Waals surface area contributed by atoms with Crippen LogP contribution in [0.5, 0.6) is 5.75 Å². The Balaban J connectivity index is 2.02. The maximum absolute atomic E-state index is 12.5. The van der Waals surface area contributed by atoms with E-state index in [1.165, 1.54) is 0 Å². The Bertz CT molecular complexity index is 673. The van der Waals surface area contributed by atoms with Crippen molar-refractivity contribution < 1.29 is 17.9 Å². The van der Waals surface area contributed by atoms with Crippen LogP contribution in [-0.2, 0) is 14.6 Å². The smallest absolute Gasteiger partial charge is 0.244 e. The molecule has 1 aromatic rings. The zero-order valence-corrected chi connectivity index (χ0v) is 12.8. The number of carbonyl (C=O) groups excluding carboxylic acids is 1. The van der Waals surface area contributed by atoms with Crippen LogP contribution in [0.25, 0.3) is 0 Å². The van der Waals surface area contributed by atoms with E-state index in [-0.39, 0.29) is 29.5 Å². The van der Waals surface area contributed by atoms with Crippen LogP contribution in [0, 0.1) is 0 Å². The number of benzene rings is 1. The van der Waals surface area contributed by atoms with Crippen LogP contribution in [0.3, 0.4) is 0 Å². The van der Waals surface area contributed by atoms with Gasteiger partial charge in [-0.15, -0.1) is 0 Å². The second-order valence-electron chi connectivity index (χ2n) is 5.55. The summed E-state index contributed by atoms with van der Waals surface area (Å²) in [7, 11) is -1.56. The molecule has 6 nitrogen and oxygen atoms in total. The summed E-state index contributed by atoms with van der Waals surface area (Å²) in [6, 6.07) is 6.19. The number of amides is 1. The first kappa shape index (κ1) is 14.3. The van der Waals surface area contributed by atoms with Gasteiger partial charge in [-0.2, -0.15) is 0 Å². The topological polar surface area (TPSA) is 75.7 Å². The standard InChI is InChI=1S/C14H18N2O4S/c1-9-14(17)16(10-4-3-5-11(6-10)20-2)13-8-21(18,19)7-12(13)15-9/h3-6,9,12-13,15H,7-8H2,1-2H3/t9-,12+,13-/m0/s1. The van der Waals surface area contributed by atoms with E-state index in [4.69, 9.17) is 4.74 Å². The molecule has 2 fully saturated rings. The highest BCUT2D eigenvalue weighted by molar-refractivity contribution is 7.91. The summed E-state index contributed by atoms with van der Waals surface area (Å²) < 4.78 is 29.0. The largest absolute Gasteiger partial charge is 0.497 e. The van der Waals surface area contributed by atoms with Crippen LogP contribution in [0.4, 0.5) is 5.69 Å². The van der Waals surface area contributed by atoms with Crippen molar-refractivity contribution in [3.05, 3.63) is 24.3 Å². The van der Waals surface area contributed by atoms with Gasteiger partial charge in [-0.3, -0.25) is 4.79 Å². The number of anilines is 1. The highest BCUT2D eigenvalue weighted by atomic mass is 32.2. The van der Waals surface area contributed by atoms with Crippen LogP contribution >= 0.6 is 0 Å². The molecule has 2 aliphatic rings. The summed E-state index contributed by atoms with van der Waals surface area (Å²) in [5.74, 6) is 0.612. The molecule has 0 saturated carbocycles. The zero-order valence-electron chi connectivity index (χ0n) is 11.9. The zero-order chi connectivity index (χ0) is 15.2.